The molecule has 0 aliphatic rings. The van der Waals surface area contributed by atoms with E-state index < -0.39 is 6.10 Å². The van der Waals surface area contributed by atoms with Crippen molar-refractivity contribution in [2.24, 2.45) is 0 Å². The predicted octanol–water partition coefficient (Wildman–Crippen LogP) is 12.8. The van der Waals surface area contributed by atoms with Gasteiger partial charge in [0.15, 0.2) is 0 Å². The third-order valence-corrected chi connectivity index (χ3v) is 8.78. The van der Waals surface area contributed by atoms with Crippen LogP contribution in [0.3, 0.4) is 0 Å². The fourth-order valence-corrected chi connectivity index (χ4v) is 5.77. The van der Waals surface area contributed by atoms with Crippen LogP contribution in [0, 0.1) is 0 Å². The van der Waals surface area contributed by atoms with Crippen molar-refractivity contribution in [1.82, 2.24) is 0 Å². The van der Waals surface area contributed by atoms with Crippen molar-refractivity contribution < 1.29 is 19.4 Å². The maximum absolute atomic E-state index is 12.1. The number of carbonyl (C=O) groups excluding carboxylic acids is 1. The molecular formula is C41H78O4. The number of rotatable bonds is 37. The van der Waals surface area contributed by atoms with Gasteiger partial charge in [0, 0.05) is 13.0 Å². The summed E-state index contributed by atoms with van der Waals surface area (Å²) in [6.07, 6.45) is 46.6. The van der Waals surface area contributed by atoms with Crippen LogP contribution in [0.25, 0.3) is 0 Å². The molecule has 0 aromatic heterocycles. The van der Waals surface area contributed by atoms with E-state index in [2.05, 4.69) is 38.2 Å². The molecule has 0 aliphatic heterocycles. The van der Waals surface area contributed by atoms with Crippen LogP contribution >= 0.6 is 0 Å². The first-order valence-electron chi connectivity index (χ1n) is 19.9. The van der Waals surface area contributed by atoms with Crippen LogP contribution in [0.1, 0.15) is 206 Å². The number of allylic oxidation sites excluding steroid dienone is 4. The lowest BCUT2D eigenvalue weighted by molar-refractivity contribution is -0.154. The highest BCUT2D eigenvalue weighted by atomic mass is 16.6. The molecule has 266 valence electrons. The zero-order chi connectivity index (χ0) is 32.7. The van der Waals surface area contributed by atoms with Crippen molar-refractivity contribution in [3.8, 4) is 0 Å². The maximum Gasteiger partial charge on any atom is 0.306 e. The maximum atomic E-state index is 12.1. The summed E-state index contributed by atoms with van der Waals surface area (Å²) in [6, 6.07) is 0. The Morgan fingerprint density at radius 2 is 0.933 bits per heavy atom. The molecule has 0 aromatic rings. The molecule has 0 aromatic carbocycles. The first-order chi connectivity index (χ1) is 22.2. The van der Waals surface area contributed by atoms with Gasteiger partial charge in [0.2, 0.25) is 0 Å². The van der Waals surface area contributed by atoms with Crippen LogP contribution < -0.4 is 0 Å². The molecule has 0 heterocycles. The highest BCUT2D eigenvalue weighted by Crippen LogP contribution is 2.14. The third-order valence-electron chi connectivity index (χ3n) is 8.78. The average Bonchev–Trinajstić information content (AvgIpc) is 3.05. The van der Waals surface area contributed by atoms with Gasteiger partial charge in [0.05, 0.1) is 13.2 Å². The van der Waals surface area contributed by atoms with E-state index in [-0.39, 0.29) is 12.6 Å². The summed E-state index contributed by atoms with van der Waals surface area (Å²) in [5.41, 5.74) is 0. The minimum Gasteiger partial charge on any atom is -0.457 e. The Morgan fingerprint density at radius 3 is 1.38 bits per heavy atom. The first-order valence-corrected chi connectivity index (χ1v) is 19.9. The SMILES string of the molecule is CCCCCCC/C=C\C/C=C\CCCCCCCCCCCCCCCC(=O)OC(CO)COCCCCCCCCCC. The predicted molar refractivity (Wildman–Crippen MR) is 196 cm³/mol. The van der Waals surface area contributed by atoms with E-state index in [0.717, 1.165) is 25.7 Å². The molecule has 45 heavy (non-hydrogen) atoms. The van der Waals surface area contributed by atoms with Crippen LogP contribution in [-0.4, -0.2) is 37.0 Å². The van der Waals surface area contributed by atoms with Gasteiger partial charge in [-0.25, -0.2) is 0 Å². The molecule has 4 nitrogen and oxygen atoms in total. The van der Waals surface area contributed by atoms with Crippen LogP contribution in [-0.2, 0) is 14.3 Å². The average molecular weight is 635 g/mol. The van der Waals surface area contributed by atoms with Crippen molar-refractivity contribution in [3.05, 3.63) is 24.3 Å². The van der Waals surface area contributed by atoms with Gasteiger partial charge >= 0.3 is 5.97 Å². The highest BCUT2D eigenvalue weighted by Gasteiger charge is 2.13. The molecule has 0 saturated heterocycles. The summed E-state index contributed by atoms with van der Waals surface area (Å²) in [6.45, 7) is 5.33. The molecule has 0 radical (unpaired) electrons. The number of unbranched alkanes of at least 4 members (excludes halogenated alkanes) is 25. The van der Waals surface area contributed by atoms with Gasteiger partial charge < -0.3 is 14.6 Å². The lowest BCUT2D eigenvalue weighted by atomic mass is 10.0. The molecule has 1 N–H and O–H groups in total. The molecule has 4 heteroatoms. The van der Waals surface area contributed by atoms with Crippen LogP contribution in [0.2, 0.25) is 0 Å². The quantitative estimate of drug-likeness (QED) is 0.0420. The minimum absolute atomic E-state index is 0.168. The van der Waals surface area contributed by atoms with Gasteiger partial charge in [-0.1, -0.05) is 179 Å². The number of ether oxygens (including phenoxy) is 2. The van der Waals surface area contributed by atoms with Gasteiger partial charge in [-0.2, -0.15) is 0 Å². The van der Waals surface area contributed by atoms with E-state index in [1.54, 1.807) is 0 Å². The molecule has 1 unspecified atom stereocenters. The van der Waals surface area contributed by atoms with Gasteiger partial charge in [0.1, 0.15) is 6.10 Å². The smallest absolute Gasteiger partial charge is 0.306 e. The summed E-state index contributed by atoms with van der Waals surface area (Å²) >= 11 is 0. The van der Waals surface area contributed by atoms with Crippen molar-refractivity contribution >= 4 is 5.97 Å². The summed E-state index contributed by atoms with van der Waals surface area (Å²) in [7, 11) is 0. The Bertz CT molecular complexity index is 629. The van der Waals surface area contributed by atoms with E-state index in [1.165, 1.54) is 161 Å². The Hall–Kier alpha value is -1.13. The van der Waals surface area contributed by atoms with Gasteiger partial charge in [-0.3, -0.25) is 4.79 Å². The van der Waals surface area contributed by atoms with E-state index in [9.17, 15) is 9.90 Å². The molecule has 0 saturated carbocycles. The topological polar surface area (TPSA) is 55.8 Å². The van der Waals surface area contributed by atoms with E-state index in [0.29, 0.717) is 19.6 Å². The lowest BCUT2D eigenvalue weighted by Gasteiger charge is -2.16. The second-order valence-electron chi connectivity index (χ2n) is 13.4. The fourth-order valence-electron chi connectivity index (χ4n) is 5.77. The standard InChI is InChI=1S/C41H78O4/c1-3-5-7-9-11-13-14-15-16-17-18-19-20-21-22-23-24-25-26-27-28-29-30-32-34-36-41(43)45-40(38-42)39-44-37-35-33-31-12-10-8-6-4-2/h14-15,17-18,40,42H,3-13,16,19-39H2,1-2H3/b15-14-,18-17-. The molecule has 0 rings (SSSR count). The number of aliphatic hydroxyl groups excluding tert-OH is 1. The first kappa shape index (κ1) is 43.9. The van der Waals surface area contributed by atoms with E-state index >= 15 is 0 Å². The zero-order valence-corrected chi connectivity index (χ0v) is 30.4. The van der Waals surface area contributed by atoms with Crippen molar-refractivity contribution in [3.63, 3.8) is 0 Å². The number of hydrogen-bond donors (Lipinski definition) is 1. The summed E-state index contributed by atoms with van der Waals surface area (Å²) in [4.78, 5) is 12.1. The van der Waals surface area contributed by atoms with Crippen molar-refractivity contribution in [2.75, 3.05) is 19.8 Å². The fraction of sp³-hybridized carbons (Fsp3) is 0.878. The number of carbonyl (C=O) groups is 1. The van der Waals surface area contributed by atoms with Crippen molar-refractivity contribution in [2.45, 2.75) is 213 Å². The third kappa shape index (κ3) is 37.2. The Kier molecular flexibility index (Phi) is 38.1. The van der Waals surface area contributed by atoms with E-state index in [4.69, 9.17) is 9.47 Å². The molecular weight excluding hydrogens is 556 g/mol. The largest absolute Gasteiger partial charge is 0.457 e. The van der Waals surface area contributed by atoms with Crippen LogP contribution in [0.15, 0.2) is 24.3 Å². The Morgan fingerprint density at radius 1 is 0.533 bits per heavy atom. The second kappa shape index (κ2) is 39.1. The normalized spacial score (nSPS) is 12.5. The number of hydrogen-bond acceptors (Lipinski definition) is 4. The lowest BCUT2D eigenvalue weighted by Crippen LogP contribution is -2.27. The van der Waals surface area contributed by atoms with Crippen molar-refractivity contribution in [1.29, 1.82) is 0 Å². The number of esters is 1. The van der Waals surface area contributed by atoms with Crippen LogP contribution in [0.5, 0.6) is 0 Å². The summed E-state index contributed by atoms with van der Waals surface area (Å²) < 4.78 is 11.1. The summed E-state index contributed by atoms with van der Waals surface area (Å²) in [5.74, 6) is -0.201. The molecule has 0 amide bonds. The van der Waals surface area contributed by atoms with Crippen LogP contribution in [0.4, 0.5) is 0 Å². The Labute approximate surface area is 281 Å². The molecule has 0 aliphatic carbocycles. The summed E-state index contributed by atoms with van der Waals surface area (Å²) in [5, 5.41) is 9.52. The second-order valence-corrected chi connectivity index (χ2v) is 13.4. The van der Waals surface area contributed by atoms with Gasteiger partial charge in [-0.05, 0) is 44.9 Å². The molecule has 0 bridgehead atoms. The van der Waals surface area contributed by atoms with E-state index in [1.807, 2.05) is 0 Å². The molecule has 0 spiro atoms. The Balaban J connectivity index is 3.37. The highest BCUT2D eigenvalue weighted by molar-refractivity contribution is 5.69. The molecule has 0 fully saturated rings. The van der Waals surface area contributed by atoms with Gasteiger partial charge in [0.25, 0.3) is 0 Å². The van der Waals surface area contributed by atoms with Gasteiger partial charge in [-0.15, -0.1) is 0 Å². The molecule has 1 atom stereocenters. The zero-order valence-electron chi connectivity index (χ0n) is 30.4. The number of aliphatic hydroxyl groups is 1. The monoisotopic (exact) mass is 635 g/mol. The minimum atomic E-state index is -0.527.